The van der Waals surface area contributed by atoms with Crippen molar-refractivity contribution >= 4 is 17.5 Å². The fourth-order valence-electron chi connectivity index (χ4n) is 3.68. The van der Waals surface area contributed by atoms with Crippen molar-refractivity contribution in [2.24, 2.45) is 0 Å². The highest BCUT2D eigenvalue weighted by molar-refractivity contribution is 6.07. The Morgan fingerprint density at radius 2 is 1.71 bits per heavy atom. The van der Waals surface area contributed by atoms with E-state index in [1.54, 1.807) is 29.2 Å². The van der Waals surface area contributed by atoms with E-state index in [9.17, 15) is 14.0 Å². The molecule has 2 amide bonds. The van der Waals surface area contributed by atoms with Crippen molar-refractivity contribution in [3.8, 4) is 5.75 Å². The van der Waals surface area contributed by atoms with Crippen molar-refractivity contribution < 1.29 is 18.7 Å². The average Bonchev–Trinajstić information content (AvgIpc) is 3.21. The summed E-state index contributed by atoms with van der Waals surface area (Å²) in [6.07, 6.45) is 0.739. The molecule has 1 aliphatic rings. The van der Waals surface area contributed by atoms with Crippen LogP contribution in [-0.4, -0.2) is 25.0 Å². The molecule has 1 heterocycles. The van der Waals surface area contributed by atoms with E-state index in [2.05, 4.69) is 5.32 Å². The molecule has 1 aliphatic heterocycles. The minimum Gasteiger partial charge on any atom is -0.494 e. The number of fused-ring (bicyclic) bond motifs is 1. The number of hydrogen-bond acceptors (Lipinski definition) is 3. The number of anilines is 1. The van der Waals surface area contributed by atoms with Gasteiger partial charge in [-0.2, -0.15) is 0 Å². The van der Waals surface area contributed by atoms with Crippen LogP contribution in [0.3, 0.4) is 0 Å². The minimum atomic E-state index is -0.365. The van der Waals surface area contributed by atoms with Crippen LogP contribution in [0.5, 0.6) is 5.75 Å². The molecule has 0 saturated heterocycles. The number of hydrogen-bond donors (Lipinski definition) is 1. The van der Waals surface area contributed by atoms with Gasteiger partial charge in [0.05, 0.1) is 6.61 Å². The lowest BCUT2D eigenvalue weighted by molar-refractivity contribution is 0.0949. The van der Waals surface area contributed by atoms with Crippen molar-refractivity contribution in [1.82, 2.24) is 5.32 Å². The van der Waals surface area contributed by atoms with Gasteiger partial charge in [-0.3, -0.25) is 9.59 Å². The first kappa shape index (κ1) is 20.6. The van der Waals surface area contributed by atoms with Crippen LogP contribution in [0.25, 0.3) is 0 Å². The van der Waals surface area contributed by atoms with Gasteiger partial charge >= 0.3 is 0 Å². The van der Waals surface area contributed by atoms with E-state index in [4.69, 9.17) is 4.74 Å². The SMILES string of the molecule is CCOc1ccc(C(=O)NCc2ccc3c(c2)CCN3C(=O)c2ccc(F)cc2)cc1. The van der Waals surface area contributed by atoms with E-state index in [0.29, 0.717) is 30.8 Å². The van der Waals surface area contributed by atoms with Gasteiger partial charge < -0.3 is 15.0 Å². The molecule has 0 aliphatic carbocycles. The van der Waals surface area contributed by atoms with Crippen LogP contribution in [0.2, 0.25) is 0 Å². The van der Waals surface area contributed by atoms with Gasteiger partial charge in [0.15, 0.2) is 0 Å². The van der Waals surface area contributed by atoms with Gasteiger partial charge in [0, 0.05) is 29.9 Å². The number of carbonyl (C=O) groups is 2. The molecule has 5 nitrogen and oxygen atoms in total. The molecule has 0 bridgehead atoms. The van der Waals surface area contributed by atoms with Gasteiger partial charge in [-0.15, -0.1) is 0 Å². The van der Waals surface area contributed by atoms with Crippen molar-refractivity contribution in [2.75, 3.05) is 18.1 Å². The van der Waals surface area contributed by atoms with Crippen LogP contribution >= 0.6 is 0 Å². The number of ether oxygens (including phenoxy) is 1. The predicted octanol–water partition coefficient (Wildman–Crippen LogP) is 4.36. The van der Waals surface area contributed by atoms with Gasteiger partial charge in [0.1, 0.15) is 11.6 Å². The third-order valence-electron chi connectivity index (χ3n) is 5.26. The second-order valence-electron chi connectivity index (χ2n) is 7.32. The highest BCUT2D eigenvalue weighted by atomic mass is 19.1. The lowest BCUT2D eigenvalue weighted by Gasteiger charge is -2.18. The monoisotopic (exact) mass is 418 g/mol. The van der Waals surface area contributed by atoms with Crippen molar-refractivity contribution in [3.05, 3.63) is 94.8 Å². The van der Waals surface area contributed by atoms with Crippen molar-refractivity contribution in [2.45, 2.75) is 19.9 Å². The molecule has 3 aromatic carbocycles. The number of halogens is 1. The van der Waals surface area contributed by atoms with Crippen LogP contribution in [0, 0.1) is 5.82 Å². The summed E-state index contributed by atoms with van der Waals surface area (Å²) in [6.45, 7) is 3.46. The van der Waals surface area contributed by atoms with Crippen LogP contribution in [0.15, 0.2) is 66.7 Å². The van der Waals surface area contributed by atoms with Crippen LogP contribution in [0.1, 0.15) is 38.8 Å². The molecule has 0 spiro atoms. The van der Waals surface area contributed by atoms with E-state index >= 15 is 0 Å². The summed E-state index contributed by atoms with van der Waals surface area (Å²) in [6, 6.07) is 18.5. The Balaban J connectivity index is 1.40. The maximum absolute atomic E-state index is 13.1. The standard InChI is InChI=1S/C25H23FN2O3/c1-2-31-22-10-6-18(7-11-22)24(29)27-16-17-3-12-23-20(15-17)13-14-28(23)25(30)19-4-8-21(26)9-5-19/h3-12,15H,2,13-14,16H2,1H3,(H,27,29). The molecule has 0 radical (unpaired) electrons. The zero-order valence-electron chi connectivity index (χ0n) is 17.2. The number of nitrogens with one attached hydrogen (secondary N) is 1. The second-order valence-corrected chi connectivity index (χ2v) is 7.32. The van der Waals surface area contributed by atoms with Gasteiger partial charge in [0.2, 0.25) is 0 Å². The molecule has 31 heavy (non-hydrogen) atoms. The molecule has 4 rings (SSSR count). The Morgan fingerprint density at radius 1 is 1.00 bits per heavy atom. The van der Waals surface area contributed by atoms with E-state index in [1.165, 1.54) is 24.3 Å². The zero-order valence-corrected chi connectivity index (χ0v) is 17.2. The summed E-state index contributed by atoms with van der Waals surface area (Å²) < 4.78 is 18.5. The summed E-state index contributed by atoms with van der Waals surface area (Å²) in [5, 5.41) is 2.93. The molecule has 6 heteroatoms. The average molecular weight is 418 g/mol. The molecular formula is C25H23FN2O3. The zero-order chi connectivity index (χ0) is 21.8. The van der Waals surface area contributed by atoms with E-state index in [0.717, 1.165) is 29.0 Å². The molecule has 3 aromatic rings. The summed E-state index contributed by atoms with van der Waals surface area (Å²) in [4.78, 5) is 26.9. The third-order valence-corrected chi connectivity index (χ3v) is 5.26. The van der Waals surface area contributed by atoms with Gasteiger partial charge in [-0.25, -0.2) is 4.39 Å². The van der Waals surface area contributed by atoms with Gasteiger partial charge in [-0.05, 0) is 79.1 Å². The largest absolute Gasteiger partial charge is 0.494 e. The first-order chi connectivity index (χ1) is 15.0. The number of amides is 2. The summed E-state index contributed by atoms with van der Waals surface area (Å²) >= 11 is 0. The minimum absolute atomic E-state index is 0.143. The lowest BCUT2D eigenvalue weighted by atomic mass is 10.1. The van der Waals surface area contributed by atoms with E-state index in [-0.39, 0.29) is 17.6 Å². The fraction of sp³-hybridized carbons (Fsp3) is 0.200. The highest BCUT2D eigenvalue weighted by Gasteiger charge is 2.25. The van der Waals surface area contributed by atoms with E-state index < -0.39 is 0 Å². The van der Waals surface area contributed by atoms with Crippen molar-refractivity contribution in [1.29, 1.82) is 0 Å². The number of carbonyl (C=O) groups excluding carboxylic acids is 2. The fourth-order valence-corrected chi connectivity index (χ4v) is 3.68. The molecule has 0 atom stereocenters. The Kier molecular flexibility index (Phi) is 5.98. The molecule has 0 aromatic heterocycles. The molecule has 0 saturated carbocycles. The summed E-state index contributed by atoms with van der Waals surface area (Å²) in [5.74, 6) is 0.0691. The highest BCUT2D eigenvalue weighted by Crippen LogP contribution is 2.30. The van der Waals surface area contributed by atoms with Crippen LogP contribution < -0.4 is 15.0 Å². The topological polar surface area (TPSA) is 58.6 Å². The number of benzene rings is 3. The Labute approximate surface area is 180 Å². The Bertz CT molecular complexity index is 1090. The van der Waals surface area contributed by atoms with Crippen molar-refractivity contribution in [3.63, 3.8) is 0 Å². The van der Waals surface area contributed by atoms with Gasteiger partial charge in [0.25, 0.3) is 11.8 Å². The maximum Gasteiger partial charge on any atom is 0.258 e. The smallest absolute Gasteiger partial charge is 0.258 e. The third kappa shape index (κ3) is 4.58. The second kappa shape index (κ2) is 9.00. The number of rotatable bonds is 6. The Morgan fingerprint density at radius 3 is 2.42 bits per heavy atom. The molecule has 1 N–H and O–H groups in total. The normalized spacial score (nSPS) is 12.4. The van der Waals surface area contributed by atoms with E-state index in [1.807, 2.05) is 25.1 Å². The lowest BCUT2D eigenvalue weighted by Crippen LogP contribution is -2.28. The number of nitrogens with zero attached hydrogens (tertiary/aromatic N) is 1. The quantitative estimate of drug-likeness (QED) is 0.647. The molecular weight excluding hydrogens is 395 g/mol. The van der Waals surface area contributed by atoms with Crippen LogP contribution in [-0.2, 0) is 13.0 Å². The molecule has 0 unspecified atom stereocenters. The van der Waals surface area contributed by atoms with Gasteiger partial charge in [-0.1, -0.05) is 12.1 Å². The molecule has 158 valence electrons. The predicted molar refractivity (Wildman–Crippen MR) is 117 cm³/mol. The first-order valence-corrected chi connectivity index (χ1v) is 10.3. The van der Waals surface area contributed by atoms with Crippen LogP contribution in [0.4, 0.5) is 10.1 Å². The molecule has 0 fully saturated rings. The Hall–Kier alpha value is -3.67. The summed E-state index contributed by atoms with van der Waals surface area (Å²) in [5.41, 5.74) is 3.91. The first-order valence-electron chi connectivity index (χ1n) is 10.3. The maximum atomic E-state index is 13.1. The summed E-state index contributed by atoms with van der Waals surface area (Å²) in [7, 11) is 0.